The molecule has 7 heteroatoms. The van der Waals surface area contributed by atoms with Gasteiger partial charge in [0.2, 0.25) is 0 Å². The number of hydrogen-bond donors (Lipinski definition) is 0. The van der Waals surface area contributed by atoms with Gasteiger partial charge in [-0.1, -0.05) is 90.6 Å². The van der Waals surface area contributed by atoms with Crippen LogP contribution in [0.1, 0.15) is 55.7 Å². The quantitative estimate of drug-likeness (QED) is 0.242. The number of halogens is 1. The normalized spacial score (nSPS) is 18.2. The molecule has 2 aliphatic rings. The number of benzene rings is 3. The average molecular weight is 606 g/mol. The number of carbonyl (C=O) groups excluding carboxylic acids is 1. The number of amidine groups is 1. The standard InChI is InChI=1S/C32H33BrN2O3S/c1-3-23-14-10-11-17-27(23)34-32-35(25-15-8-5-9-16-25)31(36)30(39-32)19-24-18-28(37-2)29(20-26(24)33)38-21-22-12-6-4-7-13-22/h4,6-7,10-14,17-20,25H,3,5,8-9,15-16,21H2,1-2H3/b30-19+,34-32?. The Balaban J connectivity index is 1.46. The summed E-state index contributed by atoms with van der Waals surface area (Å²) in [6.45, 7) is 2.57. The first-order valence-corrected chi connectivity index (χ1v) is 15.1. The van der Waals surface area contributed by atoms with E-state index in [1.165, 1.54) is 23.7 Å². The Morgan fingerprint density at radius 2 is 1.77 bits per heavy atom. The summed E-state index contributed by atoms with van der Waals surface area (Å²) in [7, 11) is 1.63. The molecular formula is C32H33BrN2O3S. The molecule has 0 atom stereocenters. The van der Waals surface area contributed by atoms with E-state index in [0.29, 0.717) is 23.0 Å². The number of amides is 1. The second-order valence-electron chi connectivity index (χ2n) is 9.75. The van der Waals surface area contributed by atoms with Crippen LogP contribution in [0.3, 0.4) is 0 Å². The van der Waals surface area contributed by atoms with Gasteiger partial charge in [0, 0.05) is 10.5 Å². The van der Waals surface area contributed by atoms with Gasteiger partial charge in [-0.3, -0.25) is 9.69 Å². The van der Waals surface area contributed by atoms with Crippen LogP contribution in [0, 0.1) is 0 Å². The van der Waals surface area contributed by atoms with Crippen LogP contribution in [0.2, 0.25) is 0 Å². The SMILES string of the molecule is CCc1ccccc1N=C1S/C(=C/c2cc(OC)c(OCc3ccccc3)cc2Br)C(=O)N1C1CCCCC1. The van der Waals surface area contributed by atoms with Gasteiger partial charge in [-0.05, 0) is 72.0 Å². The Morgan fingerprint density at radius 3 is 2.51 bits per heavy atom. The predicted octanol–water partition coefficient (Wildman–Crippen LogP) is 8.54. The molecule has 0 aromatic heterocycles. The highest BCUT2D eigenvalue weighted by Gasteiger charge is 2.39. The third kappa shape index (κ3) is 6.42. The van der Waals surface area contributed by atoms with Crippen molar-refractivity contribution in [1.82, 2.24) is 4.90 Å². The number of ether oxygens (including phenoxy) is 2. The minimum absolute atomic E-state index is 0.0231. The molecule has 202 valence electrons. The highest BCUT2D eigenvalue weighted by molar-refractivity contribution is 9.10. The van der Waals surface area contributed by atoms with Crippen LogP contribution in [0.5, 0.6) is 11.5 Å². The molecule has 39 heavy (non-hydrogen) atoms. The van der Waals surface area contributed by atoms with E-state index in [4.69, 9.17) is 14.5 Å². The second-order valence-corrected chi connectivity index (χ2v) is 11.6. The first-order chi connectivity index (χ1) is 19.1. The zero-order valence-electron chi connectivity index (χ0n) is 22.4. The molecule has 1 saturated heterocycles. The molecule has 3 aromatic rings. The maximum atomic E-state index is 13.8. The van der Waals surface area contributed by atoms with Crippen LogP contribution < -0.4 is 9.47 Å². The molecule has 0 bridgehead atoms. The molecular weight excluding hydrogens is 572 g/mol. The van der Waals surface area contributed by atoms with Crippen molar-refractivity contribution in [1.29, 1.82) is 0 Å². The Labute approximate surface area is 243 Å². The molecule has 3 aromatic carbocycles. The van der Waals surface area contributed by atoms with Gasteiger partial charge in [0.05, 0.1) is 17.7 Å². The number of carbonyl (C=O) groups is 1. The van der Waals surface area contributed by atoms with Gasteiger partial charge in [-0.15, -0.1) is 0 Å². The predicted molar refractivity (Wildman–Crippen MR) is 164 cm³/mol. The number of nitrogens with zero attached hydrogens (tertiary/aromatic N) is 2. The van der Waals surface area contributed by atoms with Gasteiger partial charge in [0.25, 0.3) is 5.91 Å². The van der Waals surface area contributed by atoms with E-state index in [9.17, 15) is 4.79 Å². The zero-order chi connectivity index (χ0) is 27.2. The third-order valence-electron chi connectivity index (χ3n) is 7.17. The third-order valence-corrected chi connectivity index (χ3v) is 8.84. The summed E-state index contributed by atoms with van der Waals surface area (Å²) >= 11 is 5.16. The summed E-state index contributed by atoms with van der Waals surface area (Å²) < 4.78 is 12.6. The van der Waals surface area contributed by atoms with Crippen LogP contribution >= 0.6 is 27.7 Å². The molecule has 0 radical (unpaired) electrons. The summed E-state index contributed by atoms with van der Waals surface area (Å²) in [6.07, 6.45) is 8.37. The number of hydrogen-bond acceptors (Lipinski definition) is 5. The Bertz CT molecular complexity index is 1380. The van der Waals surface area contributed by atoms with Crippen molar-refractivity contribution in [3.8, 4) is 11.5 Å². The summed E-state index contributed by atoms with van der Waals surface area (Å²) in [6, 6.07) is 22.2. The van der Waals surface area contributed by atoms with Crippen LogP contribution in [0.15, 0.2) is 81.1 Å². The van der Waals surface area contributed by atoms with E-state index in [2.05, 4.69) is 28.9 Å². The van der Waals surface area contributed by atoms with Crippen LogP contribution in [0.4, 0.5) is 5.69 Å². The van der Waals surface area contributed by atoms with Gasteiger partial charge < -0.3 is 9.47 Å². The van der Waals surface area contributed by atoms with Crippen molar-refractivity contribution in [2.24, 2.45) is 4.99 Å². The smallest absolute Gasteiger partial charge is 0.267 e. The maximum Gasteiger partial charge on any atom is 0.267 e. The van der Waals surface area contributed by atoms with Crippen molar-refractivity contribution >= 4 is 50.5 Å². The summed E-state index contributed by atoms with van der Waals surface area (Å²) in [4.78, 5) is 21.5. The number of thioether (sulfide) groups is 1. The molecule has 1 aliphatic heterocycles. The van der Waals surface area contributed by atoms with Gasteiger partial charge in [0.1, 0.15) is 6.61 Å². The topological polar surface area (TPSA) is 51.1 Å². The molecule has 0 N–H and O–H groups in total. The number of para-hydroxylation sites is 1. The van der Waals surface area contributed by atoms with Crippen molar-refractivity contribution in [3.63, 3.8) is 0 Å². The molecule has 5 nitrogen and oxygen atoms in total. The zero-order valence-corrected chi connectivity index (χ0v) is 24.8. The van der Waals surface area contributed by atoms with Gasteiger partial charge in [-0.25, -0.2) is 4.99 Å². The monoisotopic (exact) mass is 604 g/mol. The molecule has 0 spiro atoms. The maximum absolute atomic E-state index is 13.8. The minimum Gasteiger partial charge on any atom is -0.493 e. The van der Waals surface area contributed by atoms with Crippen molar-refractivity contribution in [3.05, 3.63) is 92.8 Å². The number of methoxy groups -OCH3 is 1. The van der Waals surface area contributed by atoms with Gasteiger partial charge >= 0.3 is 0 Å². The van der Waals surface area contributed by atoms with E-state index in [1.54, 1.807) is 7.11 Å². The molecule has 2 fully saturated rings. The highest BCUT2D eigenvalue weighted by atomic mass is 79.9. The van der Waals surface area contributed by atoms with E-state index < -0.39 is 0 Å². The molecule has 5 rings (SSSR count). The van der Waals surface area contributed by atoms with Crippen molar-refractivity contribution < 1.29 is 14.3 Å². The molecule has 1 aliphatic carbocycles. The molecule has 0 unspecified atom stereocenters. The fourth-order valence-electron chi connectivity index (χ4n) is 5.06. The summed E-state index contributed by atoms with van der Waals surface area (Å²) in [5.74, 6) is 1.28. The fourth-order valence-corrected chi connectivity index (χ4v) is 6.54. The van der Waals surface area contributed by atoms with Gasteiger partial charge in [-0.2, -0.15) is 0 Å². The summed E-state index contributed by atoms with van der Waals surface area (Å²) in [5, 5.41) is 0.768. The van der Waals surface area contributed by atoms with Crippen molar-refractivity contribution in [2.75, 3.05) is 7.11 Å². The first-order valence-electron chi connectivity index (χ1n) is 13.5. The summed E-state index contributed by atoms with van der Waals surface area (Å²) in [5.41, 5.74) is 4.04. The van der Waals surface area contributed by atoms with Crippen LogP contribution in [-0.2, 0) is 17.8 Å². The molecule has 1 amide bonds. The Kier molecular flexibility index (Phi) is 9.09. The number of aliphatic imine (C=N–C) groups is 1. The van der Waals surface area contributed by atoms with E-state index in [1.807, 2.05) is 71.6 Å². The largest absolute Gasteiger partial charge is 0.493 e. The minimum atomic E-state index is 0.0231. The lowest BCUT2D eigenvalue weighted by atomic mass is 9.94. The number of aryl methyl sites for hydroxylation is 1. The number of rotatable bonds is 8. The lowest BCUT2D eigenvalue weighted by molar-refractivity contribution is -0.124. The Morgan fingerprint density at radius 1 is 1.03 bits per heavy atom. The van der Waals surface area contributed by atoms with E-state index >= 15 is 0 Å². The molecule has 1 saturated carbocycles. The average Bonchev–Trinajstić information content (AvgIpc) is 3.28. The lowest BCUT2D eigenvalue weighted by Crippen LogP contribution is -2.40. The Hall–Kier alpha value is -3.03. The highest BCUT2D eigenvalue weighted by Crippen LogP contribution is 2.41. The van der Waals surface area contributed by atoms with E-state index in [-0.39, 0.29) is 11.9 Å². The van der Waals surface area contributed by atoms with Gasteiger partial charge in [0.15, 0.2) is 16.7 Å². The van der Waals surface area contributed by atoms with Crippen LogP contribution in [0.25, 0.3) is 6.08 Å². The van der Waals surface area contributed by atoms with E-state index in [0.717, 1.165) is 58.6 Å². The molecule has 1 heterocycles. The van der Waals surface area contributed by atoms with Crippen LogP contribution in [-0.4, -0.2) is 29.1 Å². The fraction of sp³-hybridized carbons (Fsp3) is 0.312. The lowest BCUT2D eigenvalue weighted by Gasteiger charge is -2.30. The second kappa shape index (κ2) is 12.9. The van der Waals surface area contributed by atoms with Crippen molar-refractivity contribution in [2.45, 2.75) is 58.1 Å². The first kappa shape index (κ1) is 27.5.